The molecule has 0 spiro atoms. The van der Waals surface area contributed by atoms with Crippen molar-refractivity contribution in [2.75, 3.05) is 19.8 Å². The summed E-state index contributed by atoms with van der Waals surface area (Å²) < 4.78 is 5.37. The molecular weight excluding hydrogens is 198 g/mol. The highest BCUT2D eigenvalue weighted by Crippen LogP contribution is 2.16. The summed E-state index contributed by atoms with van der Waals surface area (Å²) in [6, 6.07) is 9.19. The zero-order chi connectivity index (χ0) is 11.4. The van der Waals surface area contributed by atoms with Gasteiger partial charge in [-0.05, 0) is 31.7 Å². The van der Waals surface area contributed by atoms with Crippen LogP contribution in [-0.4, -0.2) is 19.8 Å². The number of nitrogens with one attached hydrogen (secondary N) is 1. The second-order valence-electron chi connectivity index (χ2n) is 4.77. The summed E-state index contributed by atoms with van der Waals surface area (Å²) in [6.07, 6.45) is 1.20. The van der Waals surface area contributed by atoms with Gasteiger partial charge in [-0.1, -0.05) is 29.8 Å². The summed E-state index contributed by atoms with van der Waals surface area (Å²) >= 11 is 0. The van der Waals surface area contributed by atoms with E-state index in [1.807, 2.05) is 0 Å². The fraction of sp³-hybridized carbons (Fsp3) is 0.571. The minimum Gasteiger partial charge on any atom is -0.381 e. The van der Waals surface area contributed by atoms with Gasteiger partial charge in [0.15, 0.2) is 0 Å². The molecule has 1 fully saturated rings. The lowest BCUT2D eigenvalue weighted by Gasteiger charge is -2.16. The Morgan fingerprint density at radius 3 is 2.75 bits per heavy atom. The van der Waals surface area contributed by atoms with Crippen molar-refractivity contribution in [2.24, 2.45) is 5.92 Å². The van der Waals surface area contributed by atoms with Crippen LogP contribution in [0, 0.1) is 12.8 Å². The van der Waals surface area contributed by atoms with Crippen LogP contribution >= 0.6 is 0 Å². The fourth-order valence-corrected chi connectivity index (χ4v) is 2.06. The van der Waals surface area contributed by atoms with Gasteiger partial charge in [0.2, 0.25) is 0 Å². The normalized spacial score (nSPS) is 22.2. The number of benzene rings is 1. The fourth-order valence-electron chi connectivity index (χ4n) is 2.06. The van der Waals surface area contributed by atoms with Crippen LogP contribution in [0.25, 0.3) is 0 Å². The van der Waals surface area contributed by atoms with Crippen molar-refractivity contribution < 1.29 is 4.74 Å². The van der Waals surface area contributed by atoms with Crippen LogP contribution < -0.4 is 5.32 Å². The lowest BCUT2D eigenvalue weighted by atomic mass is 10.0. The molecule has 0 amide bonds. The first kappa shape index (κ1) is 11.6. The smallest absolute Gasteiger partial charge is 0.0507 e. The summed E-state index contributed by atoms with van der Waals surface area (Å²) in [4.78, 5) is 0. The van der Waals surface area contributed by atoms with Gasteiger partial charge >= 0.3 is 0 Å². The molecule has 88 valence electrons. The minimum absolute atomic E-state index is 0.432. The van der Waals surface area contributed by atoms with E-state index in [1.165, 1.54) is 17.5 Å². The first-order valence-electron chi connectivity index (χ1n) is 6.13. The highest BCUT2D eigenvalue weighted by Gasteiger charge is 2.16. The van der Waals surface area contributed by atoms with Crippen molar-refractivity contribution >= 4 is 0 Å². The highest BCUT2D eigenvalue weighted by atomic mass is 16.5. The molecule has 1 aromatic carbocycles. The quantitative estimate of drug-likeness (QED) is 0.840. The van der Waals surface area contributed by atoms with E-state index in [1.54, 1.807) is 0 Å². The Balaban J connectivity index is 1.82. The van der Waals surface area contributed by atoms with E-state index in [-0.39, 0.29) is 0 Å². The van der Waals surface area contributed by atoms with E-state index < -0.39 is 0 Å². The van der Waals surface area contributed by atoms with Gasteiger partial charge in [0, 0.05) is 19.2 Å². The SMILES string of the molecule is Cc1ccc([C@@H](C)NCC2CCOC2)cc1. The zero-order valence-electron chi connectivity index (χ0n) is 10.2. The monoisotopic (exact) mass is 219 g/mol. The Hall–Kier alpha value is -0.860. The van der Waals surface area contributed by atoms with Gasteiger partial charge in [-0.3, -0.25) is 0 Å². The second-order valence-corrected chi connectivity index (χ2v) is 4.77. The van der Waals surface area contributed by atoms with E-state index in [9.17, 15) is 0 Å². The molecule has 0 radical (unpaired) electrons. The third-order valence-corrected chi connectivity index (χ3v) is 3.31. The van der Waals surface area contributed by atoms with Crippen molar-refractivity contribution in [1.82, 2.24) is 5.32 Å². The maximum absolute atomic E-state index is 5.37. The summed E-state index contributed by atoms with van der Waals surface area (Å²) in [5.74, 6) is 0.702. The molecule has 0 aromatic heterocycles. The molecule has 1 aromatic rings. The van der Waals surface area contributed by atoms with E-state index in [4.69, 9.17) is 4.74 Å². The van der Waals surface area contributed by atoms with Gasteiger partial charge in [-0.25, -0.2) is 0 Å². The Bertz CT molecular complexity index is 314. The number of aryl methyl sites for hydroxylation is 1. The van der Waals surface area contributed by atoms with Crippen molar-refractivity contribution in [2.45, 2.75) is 26.3 Å². The first-order valence-corrected chi connectivity index (χ1v) is 6.13. The van der Waals surface area contributed by atoms with Gasteiger partial charge < -0.3 is 10.1 Å². The maximum Gasteiger partial charge on any atom is 0.0507 e. The summed E-state index contributed by atoms with van der Waals surface area (Å²) in [7, 11) is 0. The van der Waals surface area contributed by atoms with Gasteiger partial charge in [-0.15, -0.1) is 0 Å². The molecule has 0 bridgehead atoms. The average Bonchev–Trinajstić information content (AvgIpc) is 2.80. The number of hydrogen-bond acceptors (Lipinski definition) is 2. The van der Waals surface area contributed by atoms with Gasteiger partial charge in [-0.2, -0.15) is 0 Å². The van der Waals surface area contributed by atoms with Gasteiger partial charge in [0.05, 0.1) is 6.61 Å². The average molecular weight is 219 g/mol. The molecule has 1 N–H and O–H groups in total. The van der Waals surface area contributed by atoms with Crippen LogP contribution in [0.15, 0.2) is 24.3 Å². The number of ether oxygens (including phenoxy) is 1. The third-order valence-electron chi connectivity index (χ3n) is 3.31. The Morgan fingerprint density at radius 1 is 1.38 bits per heavy atom. The molecular formula is C14H21NO. The molecule has 16 heavy (non-hydrogen) atoms. The molecule has 1 aliphatic heterocycles. The molecule has 1 saturated heterocycles. The molecule has 1 heterocycles. The van der Waals surface area contributed by atoms with Crippen LogP contribution in [0.5, 0.6) is 0 Å². The van der Waals surface area contributed by atoms with Crippen LogP contribution in [0.2, 0.25) is 0 Å². The first-order chi connectivity index (χ1) is 7.75. The summed E-state index contributed by atoms with van der Waals surface area (Å²) in [5, 5.41) is 3.58. The maximum atomic E-state index is 5.37. The molecule has 2 nitrogen and oxygen atoms in total. The zero-order valence-corrected chi connectivity index (χ0v) is 10.2. The van der Waals surface area contributed by atoms with Crippen LogP contribution in [0.1, 0.15) is 30.5 Å². The molecule has 0 saturated carbocycles. The lowest BCUT2D eigenvalue weighted by Crippen LogP contribution is -2.25. The summed E-state index contributed by atoms with van der Waals surface area (Å²) in [6.45, 7) is 7.27. The minimum atomic E-state index is 0.432. The van der Waals surface area contributed by atoms with Crippen LogP contribution in [0.4, 0.5) is 0 Å². The highest BCUT2D eigenvalue weighted by molar-refractivity contribution is 5.23. The molecule has 2 heteroatoms. The van der Waals surface area contributed by atoms with Crippen LogP contribution in [-0.2, 0) is 4.74 Å². The van der Waals surface area contributed by atoms with E-state index >= 15 is 0 Å². The second kappa shape index (κ2) is 5.46. The third kappa shape index (κ3) is 3.06. The van der Waals surface area contributed by atoms with Crippen molar-refractivity contribution in [3.63, 3.8) is 0 Å². The van der Waals surface area contributed by atoms with E-state index in [0.717, 1.165) is 19.8 Å². The Labute approximate surface area is 98.0 Å². The predicted molar refractivity (Wildman–Crippen MR) is 66.5 cm³/mol. The molecule has 0 aliphatic carbocycles. The molecule has 1 unspecified atom stereocenters. The Kier molecular flexibility index (Phi) is 3.97. The largest absolute Gasteiger partial charge is 0.381 e. The van der Waals surface area contributed by atoms with E-state index in [2.05, 4.69) is 43.4 Å². The number of rotatable bonds is 4. The molecule has 1 aliphatic rings. The predicted octanol–water partition coefficient (Wildman–Crippen LogP) is 2.68. The molecule has 2 rings (SSSR count). The van der Waals surface area contributed by atoms with Crippen molar-refractivity contribution in [3.05, 3.63) is 35.4 Å². The van der Waals surface area contributed by atoms with Gasteiger partial charge in [0.1, 0.15) is 0 Å². The summed E-state index contributed by atoms with van der Waals surface area (Å²) in [5.41, 5.74) is 2.68. The molecule has 2 atom stereocenters. The van der Waals surface area contributed by atoms with Crippen molar-refractivity contribution in [1.29, 1.82) is 0 Å². The Morgan fingerprint density at radius 2 is 2.12 bits per heavy atom. The van der Waals surface area contributed by atoms with Crippen molar-refractivity contribution in [3.8, 4) is 0 Å². The number of hydrogen-bond donors (Lipinski definition) is 1. The topological polar surface area (TPSA) is 21.3 Å². The lowest BCUT2D eigenvalue weighted by molar-refractivity contribution is 0.184. The van der Waals surface area contributed by atoms with Crippen LogP contribution in [0.3, 0.4) is 0 Å². The standard InChI is InChI=1S/C14H21NO/c1-11-3-5-14(6-4-11)12(2)15-9-13-7-8-16-10-13/h3-6,12-13,15H,7-10H2,1-2H3/t12-,13?/m1/s1. The van der Waals surface area contributed by atoms with Gasteiger partial charge in [0.25, 0.3) is 0 Å². The van der Waals surface area contributed by atoms with E-state index in [0.29, 0.717) is 12.0 Å².